The Bertz CT molecular complexity index is 1070. The number of anilines is 1. The van der Waals surface area contributed by atoms with Gasteiger partial charge in [-0.1, -0.05) is 12.1 Å². The number of fused-ring (bicyclic) bond motifs is 1. The number of benzene rings is 1. The lowest BCUT2D eigenvalue weighted by Gasteiger charge is -2.29. The van der Waals surface area contributed by atoms with Crippen LogP contribution in [0.1, 0.15) is 62.2 Å². The van der Waals surface area contributed by atoms with Crippen LogP contribution < -0.4 is 15.4 Å². The van der Waals surface area contributed by atoms with Crippen molar-refractivity contribution >= 4 is 32.8 Å². The number of carbonyl (C=O) groups excluding carboxylic acids is 1. The van der Waals surface area contributed by atoms with Crippen LogP contribution in [-0.2, 0) is 10.0 Å². The molecule has 2 aromatic rings. The van der Waals surface area contributed by atoms with Gasteiger partial charge in [0.05, 0.1) is 29.0 Å². The number of para-hydroxylation sites is 1. The average molecular weight is 462 g/mol. The molecule has 0 bridgehead atoms. The molecule has 0 aliphatic heterocycles. The van der Waals surface area contributed by atoms with Gasteiger partial charge in [0, 0.05) is 23.7 Å². The third kappa shape index (κ3) is 5.36. The van der Waals surface area contributed by atoms with Gasteiger partial charge in [0.15, 0.2) is 0 Å². The van der Waals surface area contributed by atoms with E-state index in [0.29, 0.717) is 23.4 Å². The maximum atomic E-state index is 12.9. The van der Waals surface area contributed by atoms with Crippen LogP contribution in [0.25, 0.3) is 10.9 Å². The molecule has 32 heavy (non-hydrogen) atoms. The molecule has 2 aliphatic rings. The molecular formula is C22H31N5O4S. The number of hydrogen-bond donors (Lipinski definition) is 4. The van der Waals surface area contributed by atoms with Crippen molar-refractivity contribution in [3.05, 3.63) is 30.0 Å². The summed E-state index contributed by atoms with van der Waals surface area (Å²) in [6.07, 6.45) is 6.70. The first-order valence-electron chi connectivity index (χ1n) is 11.4. The highest BCUT2D eigenvalue weighted by atomic mass is 32.2. The van der Waals surface area contributed by atoms with Gasteiger partial charge in [0.1, 0.15) is 0 Å². The maximum Gasteiger partial charge on any atom is 0.253 e. The molecule has 2 aliphatic carbocycles. The fourth-order valence-electron chi connectivity index (χ4n) is 4.54. The normalized spacial score (nSPS) is 26.2. The SMILES string of the molecule is CCS(=O)(=O)N[C@H]1CC[C@H](Nc2ncc3cccc(C(=O)N[C@@H]4CCC[C@H]4O)c3n2)CC1. The molecule has 1 aromatic carbocycles. The van der Waals surface area contributed by atoms with E-state index in [-0.39, 0.29) is 29.8 Å². The van der Waals surface area contributed by atoms with Crippen molar-refractivity contribution in [2.75, 3.05) is 11.1 Å². The fraction of sp³-hybridized carbons (Fsp3) is 0.591. The first-order valence-corrected chi connectivity index (χ1v) is 13.0. The third-order valence-electron chi connectivity index (χ3n) is 6.44. The molecule has 0 spiro atoms. The number of nitrogens with one attached hydrogen (secondary N) is 3. The van der Waals surface area contributed by atoms with Crippen LogP contribution >= 0.6 is 0 Å². The summed E-state index contributed by atoms with van der Waals surface area (Å²) in [6, 6.07) is 5.29. The Hall–Kier alpha value is -2.30. The van der Waals surface area contributed by atoms with E-state index >= 15 is 0 Å². The van der Waals surface area contributed by atoms with Crippen LogP contribution in [0, 0.1) is 0 Å². The molecule has 174 valence electrons. The van der Waals surface area contributed by atoms with E-state index < -0.39 is 16.1 Å². The summed E-state index contributed by atoms with van der Waals surface area (Å²) in [4.78, 5) is 21.9. The molecular weight excluding hydrogens is 430 g/mol. The molecule has 2 fully saturated rings. The Morgan fingerprint density at radius 2 is 1.88 bits per heavy atom. The molecule has 0 radical (unpaired) electrons. The predicted molar refractivity (Wildman–Crippen MR) is 123 cm³/mol. The summed E-state index contributed by atoms with van der Waals surface area (Å²) < 4.78 is 26.3. The minimum atomic E-state index is -3.19. The van der Waals surface area contributed by atoms with Crippen molar-refractivity contribution in [3.8, 4) is 0 Å². The second-order valence-electron chi connectivity index (χ2n) is 8.73. The smallest absolute Gasteiger partial charge is 0.253 e. The summed E-state index contributed by atoms with van der Waals surface area (Å²) >= 11 is 0. The number of carbonyl (C=O) groups is 1. The summed E-state index contributed by atoms with van der Waals surface area (Å²) in [5, 5.41) is 17.1. The van der Waals surface area contributed by atoms with Crippen LogP contribution in [0.4, 0.5) is 5.95 Å². The quantitative estimate of drug-likeness (QED) is 0.495. The van der Waals surface area contributed by atoms with Crippen LogP contribution in [0.2, 0.25) is 0 Å². The Labute approximate surface area is 188 Å². The number of hydrogen-bond acceptors (Lipinski definition) is 7. The zero-order valence-electron chi connectivity index (χ0n) is 18.3. The minimum absolute atomic E-state index is 0.0308. The Morgan fingerprint density at radius 3 is 2.56 bits per heavy atom. The van der Waals surface area contributed by atoms with Crippen LogP contribution in [-0.4, -0.2) is 59.4 Å². The topological polar surface area (TPSA) is 133 Å². The monoisotopic (exact) mass is 461 g/mol. The van der Waals surface area contributed by atoms with Crippen molar-refractivity contribution in [2.24, 2.45) is 0 Å². The highest BCUT2D eigenvalue weighted by Crippen LogP contribution is 2.24. The standard InChI is InChI=1S/C22H31N5O4S/c1-2-32(30,31)27-16-11-9-15(10-12-16)24-22-23-13-14-5-3-6-17(20(14)26-22)21(29)25-18-7-4-8-19(18)28/h3,5-6,13,15-16,18-19,27-28H,2,4,7-12H2,1H3,(H,25,29)(H,23,24,26)/t15-,16-,18-,19-/m1/s1. The van der Waals surface area contributed by atoms with E-state index in [2.05, 4.69) is 25.3 Å². The van der Waals surface area contributed by atoms with Gasteiger partial charge in [0.2, 0.25) is 16.0 Å². The molecule has 0 saturated heterocycles. The van der Waals surface area contributed by atoms with Gasteiger partial charge in [-0.05, 0) is 57.9 Å². The Morgan fingerprint density at radius 1 is 1.12 bits per heavy atom. The Balaban J connectivity index is 1.43. The number of nitrogens with zero attached hydrogens (tertiary/aromatic N) is 2. The molecule has 0 unspecified atom stereocenters. The van der Waals surface area contributed by atoms with Crippen molar-refractivity contribution in [2.45, 2.75) is 76.1 Å². The van der Waals surface area contributed by atoms with E-state index in [1.165, 1.54) is 0 Å². The van der Waals surface area contributed by atoms with E-state index in [1.54, 1.807) is 25.3 Å². The summed E-state index contributed by atoms with van der Waals surface area (Å²) in [7, 11) is -3.19. The van der Waals surface area contributed by atoms with Crippen molar-refractivity contribution in [3.63, 3.8) is 0 Å². The fourth-order valence-corrected chi connectivity index (χ4v) is 5.45. The lowest BCUT2D eigenvalue weighted by molar-refractivity contribution is 0.0874. The van der Waals surface area contributed by atoms with Gasteiger partial charge in [-0.25, -0.2) is 23.1 Å². The number of rotatable bonds is 7. The molecule has 1 heterocycles. The lowest BCUT2D eigenvalue weighted by atomic mass is 9.92. The van der Waals surface area contributed by atoms with Gasteiger partial charge >= 0.3 is 0 Å². The number of aliphatic hydroxyl groups excluding tert-OH is 1. The molecule has 4 rings (SSSR count). The number of amides is 1. The van der Waals surface area contributed by atoms with Gasteiger partial charge < -0.3 is 15.7 Å². The van der Waals surface area contributed by atoms with E-state index in [0.717, 1.165) is 43.9 Å². The second kappa shape index (κ2) is 9.68. The molecule has 1 amide bonds. The van der Waals surface area contributed by atoms with Crippen molar-refractivity contribution in [1.29, 1.82) is 0 Å². The predicted octanol–water partition coefficient (Wildman–Crippen LogP) is 1.94. The molecule has 9 nitrogen and oxygen atoms in total. The van der Waals surface area contributed by atoms with Crippen LogP contribution in [0.5, 0.6) is 0 Å². The van der Waals surface area contributed by atoms with Crippen molar-refractivity contribution < 1.29 is 18.3 Å². The Kier molecular flexibility index (Phi) is 6.92. The summed E-state index contributed by atoms with van der Waals surface area (Å²) in [5.74, 6) is 0.303. The van der Waals surface area contributed by atoms with Gasteiger partial charge in [-0.3, -0.25) is 4.79 Å². The molecule has 2 saturated carbocycles. The van der Waals surface area contributed by atoms with Gasteiger partial charge in [-0.2, -0.15) is 0 Å². The van der Waals surface area contributed by atoms with E-state index in [9.17, 15) is 18.3 Å². The highest BCUT2D eigenvalue weighted by Gasteiger charge is 2.28. The zero-order valence-corrected chi connectivity index (χ0v) is 19.1. The average Bonchev–Trinajstić information content (AvgIpc) is 3.18. The van der Waals surface area contributed by atoms with Crippen LogP contribution in [0.15, 0.2) is 24.4 Å². The van der Waals surface area contributed by atoms with E-state index in [4.69, 9.17) is 0 Å². The van der Waals surface area contributed by atoms with Crippen molar-refractivity contribution in [1.82, 2.24) is 20.0 Å². The number of aromatic nitrogens is 2. The summed E-state index contributed by atoms with van der Waals surface area (Å²) in [5.41, 5.74) is 1.03. The molecule has 10 heteroatoms. The lowest BCUT2D eigenvalue weighted by Crippen LogP contribution is -2.40. The third-order valence-corrected chi connectivity index (χ3v) is 7.89. The van der Waals surface area contributed by atoms with Crippen LogP contribution in [0.3, 0.4) is 0 Å². The van der Waals surface area contributed by atoms with Gasteiger partial charge in [-0.15, -0.1) is 0 Å². The number of sulfonamides is 1. The molecule has 1 aromatic heterocycles. The number of aliphatic hydroxyl groups is 1. The van der Waals surface area contributed by atoms with E-state index in [1.807, 2.05) is 6.07 Å². The molecule has 2 atom stereocenters. The zero-order chi connectivity index (χ0) is 22.7. The van der Waals surface area contributed by atoms with Gasteiger partial charge in [0.25, 0.3) is 5.91 Å². The summed E-state index contributed by atoms with van der Waals surface area (Å²) in [6.45, 7) is 1.64. The minimum Gasteiger partial charge on any atom is -0.391 e. The first kappa shape index (κ1) is 22.9. The molecule has 4 N–H and O–H groups in total. The highest BCUT2D eigenvalue weighted by molar-refractivity contribution is 7.89. The maximum absolute atomic E-state index is 12.9. The first-order chi connectivity index (χ1) is 15.3. The largest absolute Gasteiger partial charge is 0.391 e. The second-order valence-corrected chi connectivity index (χ2v) is 10.8.